The molecule has 146 valence electrons. The second-order valence-corrected chi connectivity index (χ2v) is 6.85. The quantitative estimate of drug-likeness (QED) is 0.861. The summed E-state index contributed by atoms with van der Waals surface area (Å²) >= 11 is 0. The predicted octanol–water partition coefficient (Wildman–Crippen LogP) is 4.28. The maximum atomic E-state index is 12.4. The Bertz CT molecular complexity index is 903. The molecule has 2 aromatic rings. The molecule has 1 aromatic heterocycles. The van der Waals surface area contributed by atoms with E-state index < -0.39 is 0 Å². The first-order valence-electron chi connectivity index (χ1n) is 9.42. The molecule has 2 amide bonds. The second-order valence-electron chi connectivity index (χ2n) is 6.85. The minimum absolute atomic E-state index is 0.158. The van der Waals surface area contributed by atoms with E-state index in [-0.39, 0.29) is 12.0 Å². The van der Waals surface area contributed by atoms with Gasteiger partial charge in [-0.25, -0.2) is 4.79 Å². The van der Waals surface area contributed by atoms with Gasteiger partial charge < -0.3 is 15.0 Å². The minimum Gasteiger partial charge on any atom is -0.450 e. The number of ether oxygens (including phenoxy) is 1. The monoisotopic (exact) mass is 379 g/mol. The number of hydrogen-bond donors (Lipinski definition) is 1. The molecule has 3 rings (SSSR count). The van der Waals surface area contributed by atoms with Gasteiger partial charge in [0.15, 0.2) is 0 Å². The first-order valence-corrected chi connectivity index (χ1v) is 9.42. The number of rotatable bonds is 4. The van der Waals surface area contributed by atoms with Crippen molar-refractivity contribution in [3.8, 4) is 0 Å². The van der Waals surface area contributed by atoms with Crippen molar-refractivity contribution in [1.29, 1.82) is 0 Å². The number of benzene rings is 1. The average Bonchev–Trinajstić information content (AvgIpc) is 2.69. The summed E-state index contributed by atoms with van der Waals surface area (Å²) in [4.78, 5) is 30.2. The van der Waals surface area contributed by atoms with E-state index in [4.69, 9.17) is 4.74 Å². The van der Waals surface area contributed by atoms with Crippen LogP contribution in [0.1, 0.15) is 41.8 Å². The van der Waals surface area contributed by atoms with Crippen LogP contribution in [-0.4, -0.2) is 41.6 Å². The highest BCUT2D eigenvalue weighted by Crippen LogP contribution is 2.28. The number of aromatic nitrogens is 1. The van der Waals surface area contributed by atoms with Crippen molar-refractivity contribution in [1.82, 2.24) is 9.88 Å². The molecule has 2 heterocycles. The van der Waals surface area contributed by atoms with Crippen LogP contribution in [0.15, 0.2) is 48.3 Å². The minimum atomic E-state index is -0.274. The smallest absolute Gasteiger partial charge is 0.410 e. The highest BCUT2D eigenvalue weighted by Gasteiger charge is 2.22. The van der Waals surface area contributed by atoms with Crippen molar-refractivity contribution in [3.05, 3.63) is 65.0 Å². The van der Waals surface area contributed by atoms with E-state index in [1.54, 1.807) is 23.4 Å². The van der Waals surface area contributed by atoms with Gasteiger partial charge in [0.05, 0.1) is 6.61 Å². The van der Waals surface area contributed by atoms with Gasteiger partial charge >= 0.3 is 6.09 Å². The number of carbonyl (C=O) groups is 2. The second kappa shape index (κ2) is 8.69. The van der Waals surface area contributed by atoms with Crippen molar-refractivity contribution >= 4 is 23.3 Å². The lowest BCUT2D eigenvalue weighted by Gasteiger charge is -2.29. The largest absolute Gasteiger partial charge is 0.450 e. The van der Waals surface area contributed by atoms with Crippen LogP contribution in [0, 0.1) is 6.92 Å². The molecule has 0 saturated carbocycles. The van der Waals surface area contributed by atoms with Crippen molar-refractivity contribution in [2.75, 3.05) is 25.0 Å². The summed E-state index contributed by atoms with van der Waals surface area (Å²) in [6, 6.07) is 9.42. The molecule has 6 heteroatoms. The van der Waals surface area contributed by atoms with Crippen LogP contribution in [0.4, 0.5) is 10.5 Å². The van der Waals surface area contributed by atoms with E-state index >= 15 is 0 Å². The lowest BCUT2D eigenvalue weighted by atomic mass is 9.95. The van der Waals surface area contributed by atoms with Gasteiger partial charge in [-0.3, -0.25) is 9.78 Å². The van der Waals surface area contributed by atoms with Crippen molar-refractivity contribution < 1.29 is 14.3 Å². The SMILES string of the molecule is CCOC(=O)N1CCC(C)=C(c2ccc(NC(=O)c3ccncc3C)cc2)C1. The van der Waals surface area contributed by atoms with Crippen molar-refractivity contribution in [3.63, 3.8) is 0 Å². The van der Waals surface area contributed by atoms with Crippen LogP contribution in [0.2, 0.25) is 0 Å². The van der Waals surface area contributed by atoms with Gasteiger partial charge in [-0.1, -0.05) is 17.7 Å². The summed E-state index contributed by atoms with van der Waals surface area (Å²) in [7, 11) is 0. The van der Waals surface area contributed by atoms with Crippen LogP contribution in [0.3, 0.4) is 0 Å². The van der Waals surface area contributed by atoms with E-state index in [9.17, 15) is 9.59 Å². The molecule has 0 saturated heterocycles. The summed E-state index contributed by atoms with van der Waals surface area (Å²) in [5.41, 5.74) is 5.60. The van der Waals surface area contributed by atoms with Crippen molar-refractivity contribution in [2.24, 2.45) is 0 Å². The Balaban J connectivity index is 1.72. The number of amides is 2. The Hall–Kier alpha value is -3.15. The molecule has 0 fully saturated rings. The zero-order valence-corrected chi connectivity index (χ0v) is 16.5. The number of nitrogens with zero attached hydrogens (tertiary/aromatic N) is 2. The summed E-state index contributed by atoms with van der Waals surface area (Å²) in [5, 5.41) is 2.92. The molecule has 0 aliphatic carbocycles. The van der Waals surface area contributed by atoms with Gasteiger partial charge in [-0.15, -0.1) is 0 Å². The van der Waals surface area contributed by atoms with Crippen LogP contribution in [0.25, 0.3) is 5.57 Å². The molecular weight excluding hydrogens is 354 g/mol. The Kier molecular flexibility index (Phi) is 6.09. The first kappa shape index (κ1) is 19.6. The summed E-state index contributed by atoms with van der Waals surface area (Å²) < 4.78 is 5.13. The molecule has 6 nitrogen and oxygen atoms in total. The fraction of sp³-hybridized carbons (Fsp3) is 0.318. The van der Waals surface area contributed by atoms with Crippen LogP contribution in [-0.2, 0) is 4.74 Å². The summed E-state index contributed by atoms with van der Waals surface area (Å²) in [5.74, 6) is -0.158. The number of hydrogen-bond acceptors (Lipinski definition) is 4. The highest BCUT2D eigenvalue weighted by molar-refractivity contribution is 6.05. The number of aryl methyl sites for hydroxylation is 1. The van der Waals surface area contributed by atoms with E-state index in [2.05, 4.69) is 17.2 Å². The maximum absolute atomic E-state index is 12.4. The van der Waals surface area contributed by atoms with Gasteiger partial charge in [0.25, 0.3) is 5.91 Å². The normalized spacial score (nSPS) is 14.0. The van der Waals surface area contributed by atoms with Crippen LogP contribution < -0.4 is 5.32 Å². The molecule has 1 aliphatic rings. The standard InChI is InChI=1S/C22H25N3O3/c1-4-28-22(27)25-12-10-15(2)20(14-25)17-5-7-18(8-6-17)24-21(26)19-9-11-23-13-16(19)3/h5-9,11,13H,4,10,12,14H2,1-3H3,(H,24,26). The molecule has 28 heavy (non-hydrogen) atoms. The molecule has 0 bridgehead atoms. The molecule has 0 atom stereocenters. The first-order chi connectivity index (χ1) is 13.5. The fourth-order valence-corrected chi connectivity index (χ4v) is 3.25. The third-order valence-corrected chi connectivity index (χ3v) is 4.90. The van der Waals surface area contributed by atoms with Gasteiger partial charge in [0.2, 0.25) is 0 Å². The Morgan fingerprint density at radius 3 is 2.61 bits per heavy atom. The molecule has 0 spiro atoms. The van der Waals surface area contributed by atoms with Crippen LogP contribution in [0.5, 0.6) is 0 Å². The number of carbonyl (C=O) groups excluding carboxylic acids is 2. The molecular formula is C22H25N3O3. The third kappa shape index (κ3) is 4.39. The fourth-order valence-electron chi connectivity index (χ4n) is 3.25. The Morgan fingerprint density at radius 1 is 1.18 bits per heavy atom. The average molecular weight is 379 g/mol. The number of pyridine rings is 1. The van der Waals surface area contributed by atoms with E-state index in [0.29, 0.717) is 25.3 Å². The molecule has 0 radical (unpaired) electrons. The lowest BCUT2D eigenvalue weighted by molar-refractivity contribution is 0.102. The van der Waals surface area contributed by atoms with E-state index in [1.807, 2.05) is 38.1 Å². The van der Waals surface area contributed by atoms with E-state index in [1.165, 1.54) is 5.57 Å². The highest BCUT2D eigenvalue weighted by atomic mass is 16.6. The van der Waals surface area contributed by atoms with Gasteiger partial charge in [-0.2, -0.15) is 0 Å². The zero-order valence-electron chi connectivity index (χ0n) is 16.5. The predicted molar refractivity (Wildman–Crippen MR) is 109 cm³/mol. The Labute approximate surface area is 165 Å². The van der Waals surface area contributed by atoms with E-state index in [0.717, 1.165) is 28.8 Å². The molecule has 1 N–H and O–H groups in total. The van der Waals surface area contributed by atoms with Gasteiger partial charge in [0.1, 0.15) is 0 Å². The third-order valence-electron chi connectivity index (χ3n) is 4.90. The molecule has 0 unspecified atom stereocenters. The maximum Gasteiger partial charge on any atom is 0.410 e. The number of nitrogens with one attached hydrogen (secondary N) is 1. The summed E-state index contributed by atoms with van der Waals surface area (Å²) in [6.07, 6.45) is 3.84. The summed E-state index contributed by atoms with van der Waals surface area (Å²) in [6.45, 7) is 7.35. The van der Waals surface area contributed by atoms with Crippen LogP contribution >= 0.6 is 0 Å². The molecule has 1 aromatic carbocycles. The topological polar surface area (TPSA) is 71.5 Å². The van der Waals surface area contributed by atoms with Crippen molar-refractivity contribution in [2.45, 2.75) is 27.2 Å². The van der Waals surface area contributed by atoms with Gasteiger partial charge in [-0.05, 0) is 62.1 Å². The van der Waals surface area contributed by atoms with Gasteiger partial charge in [0, 0.05) is 36.7 Å². The molecule has 1 aliphatic heterocycles. The number of anilines is 1. The zero-order chi connectivity index (χ0) is 20.1. The Morgan fingerprint density at radius 2 is 1.93 bits per heavy atom. The lowest BCUT2D eigenvalue weighted by Crippen LogP contribution is -2.36.